The number of fused-ring (bicyclic) bond motifs is 1. The summed E-state index contributed by atoms with van der Waals surface area (Å²) in [4.78, 5) is 24.5. The van der Waals surface area contributed by atoms with Crippen LogP contribution >= 0.6 is 0 Å². The summed E-state index contributed by atoms with van der Waals surface area (Å²) in [6, 6.07) is 5.76. The highest BCUT2D eigenvalue weighted by molar-refractivity contribution is 5.73. The second-order valence-corrected chi connectivity index (χ2v) is 8.33. The summed E-state index contributed by atoms with van der Waals surface area (Å²) in [6.07, 6.45) is -4.37. The van der Waals surface area contributed by atoms with Crippen molar-refractivity contribution in [1.82, 2.24) is 19.7 Å². The van der Waals surface area contributed by atoms with Crippen molar-refractivity contribution in [2.24, 2.45) is 18.4 Å². The van der Waals surface area contributed by atoms with Gasteiger partial charge in [-0.25, -0.2) is 14.6 Å². The molecule has 2 saturated heterocycles. The molecule has 0 saturated carbocycles. The number of aryl methyl sites for hydroxylation is 1. The van der Waals surface area contributed by atoms with E-state index in [4.69, 9.17) is 29.3 Å². The van der Waals surface area contributed by atoms with Crippen molar-refractivity contribution in [2.45, 2.75) is 18.9 Å². The van der Waals surface area contributed by atoms with Crippen LogP contribution in [0.4, 0.5) is 26.3 Å². The molecule has 0 bridgehead atoms. The number of ether oxygens (including phenoxy) is 2. The first-order valence-electron chi connectivity index (χ1n) is 10.5. The Labute approximate surface area is 206 Å². The van der Waals surface area contributed by atoms with Crippen LogP contribution in [-0.4, -0.2) is 87.1 Å². The van der Waals surface area contributed by atoms with Gasteiger partial charge in [0.15, 0.2) is 0 Å². The lowest BCUT2D eigenvalue weighted by molar-refractivity contribution is -0.193. The molecule has 206 valence electrons. The van der Waals surface area contributed by atoms with Gasteiger partial charge in [-0.1, -0.05) is 6.07 Å². The zero-order chi connectivity index (χ0) is 27.9. The first kappa shape index (κ1) is 29.8. The molecular weight excluding hydrogens is 518 g/mol. The summed E-state index contributed by atoms with van der Waals surface area (Å²) in [7, 11) is 1.96. The number of pyridine rings is 1. The predicted molar refractivity (Wildman–Crippen MR) is 112 cm³/mol. The smallest absolute Gasteiger partial charge is 0.477 e. The van der Waals surface area contributed by atoms with Crippen molar-refractivity contribution in [1.29, 1.82) is 0 Å². The number of carbonyl (C=O) groups is 2. The Balaban J connectivity index is 0.000000286. The SMILES string of the molecule is Cn1cc(CN2C[C@@H]3COC[C@]3(COc3ccccn3)C2)cn1.O=C(O)C(F)(F)F.O=C(O)C(F)(F)F. The molecule has 2 atom stereocenters. The lowest BCUT2D eigenvalue weighted by Crippen LogP contribution is -2.37. The summed E-state index contributed by atoms with van der Waals surface area (Å²) in [6.45, 7) is 5.26. The van der Waals surface area contributed by atoms with Crippen molar-refractivity contribution in [2.75, 3.05) is 32.9 Å². The van der Waals surface area contributed by atoms with Gasteiger partial charge in [-0.05, 0) is 6.07 Å². The number of hydrogen-bond donors (Lipinski definition) is 2. The van der Waals surface area contributed by atoms with E-state index >= 15 is 0 Å². The fourth-order valence-corrected chi connectivity index (χ4v) is 3.73. The Morgan fingerprint density at radius 1 is 1.16 bits per heavy atom. The summed E-state index contributed by atoms with van der Waals surface area (Å²) in [5, 5.41) is 18.5. The third-order valence-corrected chi connectivity index (χ3v) is 5.39. The Kier molecular flexibility index (Phi) is 9.86. The fraction of sp³-hybridized carbons (Fsp3) is 0.524. The molecule has 0 spiro atoms. The minimum absolute atomic E-state index is 0.0831. The van der Waals surface area contributed by atoms with Crippen LogP contribution < -0.4 is 4.74 Å². The van der Waals surface area contributed by atoms with Crippen LogP contribution in [0, 0.1) is 11.3 Å². The largest absolute Gasteiger partial charge is 0.490 e. The third kappa shape index (κ3) is 9.20. The number of hydrogen-bond acceptors (Lipinski definition) is 7. The molecule has 2 aromatic heterocycles. The van der Waals surface area contributed by atoms with E-state index < -0.39 is 24.3 Å². The molecule has 2 aromatic rings. The number of likely N-dealkylation sites (tertiary alicyclic amines) is 1. The molecule has 4 heterocycles. The Hall–Kier alpha value is -3.40. The second-order valence-electron chi connectivity index (χ2n) is 8.33. The van der Waals surface area contributed by atoms with Gasteiger partial charge in [-0.15, -0.1) is 0 Å². The molecule has 16 heteroatoms. The first-order chi connectivity index (χ1) is 17.1. The van der Waals surface area contributed by atoms with E-state index in [-0.39, 0.29) is 5.41 Å². The van der Waals surface area contributed by atoms with Crippen LogP contribution in [-0.2, 0) is 27.9 Å². The van der Waals surface area contributed by atoms with Crippen LogP contribution in [0.2, 0.25) is 0 Å². The van der Waals surface area contributed by atoms with E-state index in [9.17, 15) is 26.3 Å². The second kappa shape index (κ2) is 12.2. The first-order valence-corrected chi connectivity index (χ1v) is 10.5. The normalized spacial score (nSPS) is 21.2. The standard InChI is InChI=1S/C17H22N4O2.2C2HF3O2/c1-20-7-14(6-19-20)8-21-9-15-10-22-12-17(15,11-21)13-23-16-4-2-3-5-18-16;2*3-2(4,5)1(6)7/h2-7,15H,8-13H2,1H3;2*(H,6,7)/t15-,17+;;/m1../s1. The average Bonchev–Trinajstić information content (AvgIpc) is 3.47. The van der Waals surface area contributed by atoms with Gasteiger partial charge in [-0.3, -0.25) is 9.58 Å². The number of aromatic nitrogens is 3. The maximum atomic E-state index is 10.6. The van der Waals surface area contributed by atoms with E-state index in [0.717, 1.165) is 32.8 Å². The van der Waals surface area contributed by atoms with Gasteiger partial charge in [-0.2, -0.15) is 31.4 Å². The highest BCUT2D eigenvalue weighted by Crippen LogP contribution is 2.42. The predicted octanol–water partition coefficient (Wildman–Crippen LogP) is 2.61. The van der Waals surface area contributed by atoms with Gasteiger partial charge in [0.2, 0.25) is 5.88 Å². The summed E-state index contributed by atoms with van der Waals surface area (Å²) in [5.74, 6) is -4.29. The third-order valence-electron chi connectivity index (χ3n) is 5.39. The number of rotatable bonds is 5. The van der Waals surface area contributed by atoms with Crippen LogP contribution in [0.3, 0.4) is 0 Å². The lowest BCUT2D eigenvalue weighted by Gasteiger charge is -2.26. The van der Waals surface area contributed by atoms with Gasteiger partial charge in [0.05, 0.1) is 26.0 Å². The molecule has 4 rings (SSSR count). The lowest BCUT2D eigenvalue weighted by atomic mass is 9.82. The van der Waals surface area contributed by atoms with Crippen LogP contribution in [0.5, 0.6) is 5.88 Å². The van der Waals surface area contributed by atoms with Crippen molar-refractivity contribution in [3.63, 3.8) is 0 Å². The minimum atomic E-state index is -5.08. The topological polar surface area (TPSA) is 127 Å². The van der Waals surface area contributed by atoms with Gasteiger partial charge in [0.1, 0.15) is 0 Å². The molecule has 0 radical (unpaired) electrons. The maximum absolute atomic E-state index is 10.6. The molecule has 0 aromatic carbocycles. The average molecular weight is 542 g/mol. The van der Waals surface area contributed by atoms with Crippen LogP contribution in [0.1, 0.15) is 5.56 Å². The van der Waals surface area contributed by atoms with E-state index in [1.165, 1.54) is 5.56 Å². The Morgan fingerprint density at radius 3 is 2.27 bits per heavy atom. The molecule has 2 aliphatic rings. The van der Waals surface area contributed by atoms with Gasteiger partial charge >= 0.3 is 24.3 Å². The molecule has 0 unspecified atom stereocenters. The van der Waals surface area contributed by atoms with Crippen molar-refractivity contribution >= 4 is 11.9 Å². The quantitative estimate of drug-likeness (QED) is 0.549. The number of halogens is 6. The number of carboxylic acid groups (broad SMARTS) is 2. The number of carboxylic acids is 2. The molecule has 2 fully saturated rings. The summed E-state index contributed by atoms with van der Waals surface area (Å²) < 4.78 is 77.1. The molecule has 0 aliphatic carbocycles. The van der Waals surface area contributed by atoms with Crippen molar-refractivity contribution in [3.8, 4) is 5.88 Å². The molecule has 2 aliphatic heterocycles. The van der Waals surface area contributed by atoms with Gasteiger partial charge < -0.3 is 19.7 Å². The van der Waals surface area contributed by atoms with Crippen molar-refractivity contribution in [3.05, 3.63) is 42.4 Å². The van der Waals surface area contributed by atoms with Gasteiger partial charge in [0, 0.05) is 62.0 Å². The number of aliphatic carboxylic acids is 2. The minimum Gasteiger partial charge on any atom is -0.477 e. The van der Waals surface area contributed by atoms with Crippen LogP contribution in [0.25, 0.3) is 0 Å². The van der Waals surface area contributed by atoms with Gasteiger partial charge in [0.25, 0.3) is 0 Å². The molecule has 0 amide bonds. The number of nitrogens with zero attached hydrogens (tertiary/aromatic N) is 4. The van der Waals surface area contributed by atoms with E-state index in [2.05, 4.69) is 21.2 Å². The van der Waals surface area contributed by atoms with E-state index in [1.807, 2.05) is 36.1 Å². The highest BCUT2D eigenvalue weighted by Gasteiger charge is 2.51. The monoisotopic (exact) mass is 542 g/mol. The number of alkyl halides is 6. The van der Waals surface area contributed by atoms with E-state index in [0.29, 0.717) is 18.4 Å². The van der Waals surface area contributed by atoms with Crippen molar-refractivity contribution < 1.29 is 55.6 Å². The molecular formula is C21H24F6N4O6. The Bertz CT molecular complexity index is 1010. The molecule has 10 nitrogen and oxygen atoms in total. The highest BCUT2D eigenvalue weighted by atomic mass is 19.4. The fourth-order valence-electron chi connectivity index (χ4n) is 3.73. The Morgan fingerprint density at radius 2 is 1.78 bits per heavy atom. The zero-order valence-corrected chi connectivity index (χ0v) is 19.4. The van der Waals surface area contributed by atoms with Crippen LogP contribution in [0.15, 0.2) is 36.8 Å². The maximum Gasteiger partial charge on any atom is 0.490 e. The van der Waals surface area contributed by atoms with E-state index in [1.54, 1.807) is 6.20 Å². The molecule has 2 N–H and O–H groups in total. The molecule has 37 heavy (non-hydrogen) atoms. The summed E-state index contributed by atoms with van der Waals surface area (Å²) in [5.41, 5.74) is 1.34. The zero-order valence-electron chi connectivity index (χ0n) is 19.4. The summed E-state index contributed by atoms with van der Waals surface area (Å²) >= 11 is 0.